The molecule has 1 aliphatic rings. The average Bonchev–Trinajstić information content (AvgIpc) is 3.25. The molecule has 1 amide bonds. The molecule has 0 unspecified atom stereocenters. The van der Waals surface area contributed by atoms with Gasteiger partial charge in [0.2, 0.25) is 0 Å². The molecule has 1 aromatic heterocycles. The Hall–Kier alpha value is -2.86. The largest absolute Gasteiger partial charge is 0.493 e. The van der Waals surface area contributed by atoms with Crippen molar-refractivity contribution in [2.24, 2.45) is 0 Å². The van der Waals surface area contributed by atoms with Crippen LogP contribution in [0.3, 0.4) is 0 Å². The third kappa shape index (κ3) is 4.19. The molecule has 1 aliphatic heterocycles. The van der Waals surface area contributed by atoms with Crippen LogP contribution in [0.25, 0.3) is 10.8 Å². The van der Waals surface area contributed by atoms with Crippen molar-refractivity contribution in [3.05, 3.63) is 60.2 Å². The summed E-state index contributed by atoms with van der Waals surface area (Å²) in [7, 11) is 0. The Morgan fingerprint density at radius 1 is 1.03 bits per heavy atom. The topological polar surface area (TPSA) is 50.6 Å². The summed E-state index contributed by atoms with van der Waals surface area (Å²) in [5, 5.41) is 2.03. The molecule has 6 heteroatoms. The van der Waals surface area contributed by atoms with E-state index in [0.717, 1.165) is 62.3 Å². The molecule has 1 fully saturated rings. The van der Waals surface area contributed by atoms with E-state index in [9.17, 15) is 4.79 Å². The first-order chi connectivity index (χ1) is 14.7. The maximum atomic E-state index is 13.5. The number of hydrogen-bond acceptors (Lipinski definition) is 4. The van der Waals surface area contributed by atoms with Gasteiger partial charge in [0.25, 0.3) is 5.91 Å². The van der Waals surface area contributed by atoms with Crippen LogP contribution in [0.4, 0.5) is 0 Å². The van der Waals surface area contributed by atoms with Crippen molar-refractivity contribution < 1.29 is 9.53 Å². The van der Waals surface area contributed by atoms with Crippen molar-refractivity contribution in [1.82, 2.24) is 19.4 Å². The first kappa shape index (κ1) is 20.4. The van der Waals surface area contributed by atoms with Crippen LogP contribution < -0.4 is 4.74 Å². The van der Waals surface area contributed by atoms with Gasteiger partial charge >= 0.3 is 0 Å². The van der Waals surface area contributed by atoms with E-state index in [0.29, 0.717) is 17.9 Å². The van der Waals surface area contributed by atoms with Gasteiger partial charge in [-0.15, -0.1) is 0 Å². The minimum absolute atomic E-state index is 0.0674. The van der Waals surface area contributed by atoms with Gasteiger partial charge in [-0.1, -0.05) is 37.3 Å². The molecule has 1 saturated heterocycles. The second-order valence-corrected chi connectivity index (χ2v) is 7.62. The third-order valence-electron chi connectivity index (χ3n) is 5.84. The van der Waals surface area contributed by atoms with E-state index in [1.54, 1.807) is 0 Å². The van der Waals surface area contributed by atoms with Gasteiger partial charge in [-0.05, 0) is 23.8 Å². The van der Waals surface area contributed by atoms with E-state index in [4.69, 9.17) is 4.74 Å². The fourth-order valence-corrected chi connectivity index (χ4v) is 4.19. The quantitative estimate of drug-likeness (QED) is 0.603. The molecule has 2 aromatic carbocycles. The molecule has 0 bridgehead atoms. The molecular weight excluding hydrogens is 376 g/mol. The number of ether oxygens (including phenoxy) is 1. The zero-order valence-electron chi connectivity index (χ0n) is 17.9. The Morgan fingerprint density at radius 3 is 2.60 bits per heavy atom. The summed E-state index contributed by atoms with van der Waals surface area (Å²) in [6.45, 7) is 9.78. The number of amides is 1. The lowest BCUT2D eigenvalue weighted by atomic mass is 10.0. The van der Waals surface area contributed by atoms with Gasteiger partial charge in [-0.3, -0.25) is 9.69 Å². The third-order valence-corrected chi connectivity index (χ3v) is 5.84. The van der Waals surface area contributed by atoms with Crippen LogP contribution in [0.5, 0.6) is 5.75 Å². The van der Waals surface area contributed by atoms with Crippen LogP contribution in [0.2, 0.25) is 0 Å². The van der Waals surface area contributed by atoms with Gasteiger partial charge in [-0.2, -0.15) is 0 Å². The number of nitrogens with zero attached hydrogens (tertiary/aromatic N) is 4. The number of aromatic nitrogens is 2. The van der Waals surface area contributed by atoms with Crippen LogP contribution >= 0.6 is 0 Å². The summed E-state index contributed by atoms with van der Waals surface area (Å²) in [6.07, 6.45) is 4.87. The molecule has 0 spiro atoms. The van der Waals surface area contributed by atoms with Crippen LogP contribution in [0.15, 0.2) is 48.8 Å². The number of benzene rings is 2. The molecular formula is C24H30N4O2. The number of imidazole rings is 1. The summed E-state index contributed by atoms with van der Waals surface area (Å²) in [5.41, 5.74) is 0.689. The molecule has 4 rings (SSSR count). The molecule has 2 heterocycles. The lowest BCUT2D eigenvalue weighted by Crippen LogP contribution is -2.49. The smallest absolute Gasteiger partial charge is 0.258 e. The van der Waals surface area contributed by atoms with E-state index in [-0.39, 0.29) is 5.91 Å². The minimum Gasteiger partial charge on any atom is -0.493 e. The Balaban J connectivity index is 1.44. The molecule has 0 saturated carbocycles. The summed E-state index contributed by atoms with van der Waals surface area (Å²) < 4.78 is 8.04. The molecule has 30 heavy (non-hydrogen) atoms. The van der Waals surface area contributed by atoms with E-state index in [1.165, 1.54) is 0 Å². The first-order valence-corrected chi connectivity index (χ1v) is 10.9. The average molecular weight is 407 g/mol. The fraction of sp³-hybridized carbons (Fsp3) is 0.417. The van der Waals surface area contributed by atoms with Crippen LogP contribution in [-0.4, -0.2) is 64.6 Å². The highest BCUT2D eigenvalue weighted by molar-refractivity contribution is 6.09. The van der Waals surface area contributed by atoms with E-state index >= 15 is 0 Å². The highest BCUT2D eigenvalue weighted by atomic mass is 16.5. The van der Waals surface area contributed by atoms with Gasteiger partial charge in [0, 0.05) is 58.1 Å². The number of carbonyl (C=O) groups excluding carboxylic acids is 1. The lowest BCUT2D eigenvalue weighted by molar-refractivity contribution is 0.0631. The summed E-state index contributed by atoms with van der Waals surface area (Å²) >= 11 is 0. The van der Waals surface area contributed by atoms with Crippen molar-refractivity contribution in [3.8, 4) is 5.75 Å². The maximum Gasteiger partial charge on any atom is 0.258 e. The van der Waals surface area contributed by atoms with Crippen molar-refractivity contribution in [3.63, 3.8) is 0 Å². The van der Waals surface area contributed by atoms with Crippen LogP contribution in [0, 0.1) is 0 Å². The molecule has 6 nitrogen and oxygen atoms in total. The standard InChI is InChI=1S/C24H30N4O2/c1-3-22-25-11-12-27(22)16-13-26-14-17-28(18-15-26)24(29)23-20-8-6-5-7-19(20)9-10-21(23)30-4-2/h5-12H,3-4,13-18H2,1-2H3. The monoisotopic (exact) mass is 406 g/mol. The summed E-state index contributed by atoms with van der Waals surface area (Å²) in [6, 6.07) is 12.0. The van der Waals surface area contributed by atoms with Gasteiger partial charge in [0.1, 0.15) is 11.6 Å². The highest BCUT2D eigenvalue weighted by Gasteiger charge is 2.26. The Kier molecular flexibility index (Phi) is 6.33. The minimum atomic E-state index is 0.0674. The molecule has 0 aliphatic carbocycles. The SMILES string of the molecule is CCOc1ccc2ccccc2c1C(=O)N1CCN(CCn2ccnc2CC)CC1. The second kappa shape index (κ2) is 9.30. The normalized spacial score (nSPS) is 14.9. The number of piperazine rings is 1. The van der Waals surface area contributed by atoms with Crippen molar-refractivity contribution in [1.29, 1.82) is 0 Å². The predicted molar refractivity (Wildman–Crippen MR) is 119 cm³/mol. The lowest BCUT2D eigenvalue weighted by Gasteiger charge is -2.35. The number of hydrogen-bond donors (Lipinski definition) is 0. The number of carbonyl (C=O) groups is 1. The van der Waals surface area contributed by atoms with Crippen LogP contribution in [-0.2, 0) is 13.0 Å². The molecule has 3 aromatic rings. The number of rotatable bonds is 7. The van der Waals surface area contributed by atoms with Gasteiger partial charge < -0.3 is 14.2 Å². The van der Waals surface area contributed by atoms with Crippen molar-refractivity contribution in [2.75, 3.05) is 39.3 Å². The molecule has 158 valence electrons. The predicted octanol–water partition coefficient (Wildman–Crippen LogP) is 3.46. The van der Waals surface area contributed by atoms with E-state index in [2.05, 4.69) is 21.4 Å². The van der Waals surface area contributed by atoms with E-state index < -0.39 is 0 Å². The first-order valence-electron chi connectivity index (χ1n) is 10.9. The highest BCUT2D eigenvalue weighted by Crippen LogP contribution is 2.29. The van der Waals surface area contributed by atoms with E-state index in [1.807, 2.05) is 60.6 Å². The summed E-state index contributed by atoms with van der Waals surface area (Å²) in [5.74, 6) is 1.87. The zero-order chi connectivity index (χ0) is 20.9. The van der Waals surface area contributed by atoms with Gasteiger partial charge in [0.15, 0.2) is 0 Å². The Labute approximate surface area is 178 Å². The molecule has 0 atom stereocenters. The number of fused-ring (bicyclic) bond motifs is 1. The Morgan fingerprint density at radius 2 is 1.83 bits per heavy atom. The Bertz CT molecular complexity index is 1010. The fourth-order valence-electron chi connectivity index (χ4n) is 4.19. The van der Waals surface area contributed by atoms with Crippen molar-refractivity contribution >= 4 is 16.7 Å². The number of aryl methyl sites for hydroxylation is 1. The summed E-state index contributed by atoms with van der Waals surface area (Å²) in [4.78, 5) is 22.2. The van der Waals surface area contributed by atoms with Crippen molar-refractivity contribution in [2.45, 2.75) is 26.8 Å². The second-order valence-electron chi connectivity index (χ2n) is 7.62. The zero-order valence-corrected chi connectivity index (χ0v) is 17.9. The van der Waals surface area contributed by atoms with Gasteiger partial charge in [0.05, 0.1) is 12.2 Å². The van der Waals surface area contributed by atoms with Gasteiger partial charge in [-0.25, -0.2) is 4.98 Å². The maximum absolute atomic E-state index is 13.5. The molecule has 0 N–H and O–H groups in total. The molecule has 0 radical (unpaired) electrons. The van der Waals surface area contributed by atoms with Crippen LogP contribution in [0.1, 0.15) is 30.0 Å².